The van der Waals surface area contributed by atoms with Crippen molar-refractivity contribution >= 4 is 21.9 Å². The van der Waals surface area contributed by atoms with E-state index in [2.05, 4.69) is 26.2 Å². The van der Waals surface area contributed by atoms with E-state index in [0.717, 1.165) is 12.8 Å². The zero-order valence-corrected chi connectivity index (χ0v) is 12.0. The third-order valence-corrected chi connectivity index (χ3v) is 3.65. The SMILES string of the molecule is O=C(O)c1nnn(Cc2cc(F)cc(Br)c2)c1C1CC1. The Labute approximate surface area is 122 Å². The first-order valence-electron chi connectivity index (χ1n) is 6.16. The lowest BCUT2D eigenvalue weighted by Crippen LogP contribution is -2.08. The van der Waals surface area contributed by atoms with E-state index in [1.165, 1.54) is 12.1 Å². The van der Waals surface area contributed by atoms with Crippen LogP contribution in [0.3, 0.4) is 0 Å². The smallest absolute Gasteiger partial charge is 0.358 e. The molecule has 1 saturated carbocycles. The van der Waals surface area contributed by atoms with E-state index in [4.69, 9.17) is 5.11 Å². The van der Waals surface area contributed by atoms with Crippen molar-refractivity contribution in [2.45, 2.75) is 25.3 Å². The van der Waals surface area contributed by atoms with Crippen molar-refractivity contribution in [1.82, 2.24) is 15.0 Å². The van der Waals surface area contributed by atoms with Crippen molar-refractivity contribution in [2.75, 3.05) is 0 Å². The molecule has 0 radical (unpaired) electrons. The van der Waals surface area contributed by atoms with Crippen LogP contribution in [-0.2, 0) is 6.54 Å². The Morgan fingerprint density at radius 3 is 2.80 bits per heavy atom. The Kier molecular flexibility index (Phi) is 3.29. The van der Waals surface area contributed by atoms with E-state index in [9.17, 15) is 9.18 Å². The molecular weight excluding hydrogens is 329 g/mol. The van der Waals surface area contributed by atoms with Gasteiger partial charge >= 0.3 is 5.97 Å². The molecule has 3 rings (SSSR count). The van der Waals surface area contributed by atoms with E-state index in [1.54, 1.807) is 10.7 Å². The maximum Gasteiger partial charge on any atom is 0.358 e. The maximum absolute atomic E-state index is 13.4. The first kappa shape index (κ1) is 13.2. The molecule has 2 aromatic rings. The van der Waals surface area contributed by atoms with Gasteiger partial charge in [0.05, 0.1) is 12.2 Å². The first-order chi connectivity index (χ1) is 9.54. The number of aromatic nitrogens is 3. The van der Waals surface area contributed by atoms with Gasteiger partial charge in [-0.3, -0.25) is 0 Å². The molecule has 104 valence electrons. The quantitative estimate of drug-likeness (QED) is 0.929. The summed E-state index contributed by atoms with van der Waals surface area (Å²) in [5, 5.41) is 16.8. The molecule has 0 amide bonds. The molecule has 1 fully saturated rings. The van der Waals surface area contributed by atoms with Gasteiger partial charge in [-0.25, -0.2) is 13.9 Å². The molecule has 20 heavy (non-hydrogen) atoms. The number of carboxylic acids is 1. The van der Waals surface area contributed by atoms with Gasteiger partial charge in [-0.05, 0) is 36.6 Å². The number of rotatable bonds is 4. The number of halogens is 2. The summed E-state index contributed by atoms with van der Waals surface area (Å²) in [7, 11) is 0. The summed E-state index contributed by atoms with van der Waals surface area (Å²) in [6.45, 7) is 0.308. The Morgan fingerprint density at radius 2 is 2.20 bits per heavy atom. The fourth-order valence-electron chi connectivity index (χ4n) is 2.23. The van der Waals surface area contributed by atoms with Crippen LogP contribution in [0.5, 0.6) is 0 Å². The molecule has 0 bridgehead atoms. The lowest BCUT2D eigenvalue weighted by atomic mass is 10.2. The summed E-state index contributed by atoms with van der Waals surface area (Å²) in [5.74, 6) is -1.22. The second-order valence-electron chi connectivity index (χ2n) is 4.84. The largest absolute Gasteiger partial charge is 0.476 e. The topological polar surface area (TPSA) is 68.0 Å². The average molecular weight is 340 g/mol. The predicted molar refractivity (Wildman–Crippen MR) is 72.2 cm³/mol. The fraction of sp³-hybridized carbons (Fsp3) is 0.308. The van der Waals surface area contributed by atoms with Gasteiger partial charge < -0.3 is 5.11 Å². The molecule has 0 aliphatic heterocycles. The summed E-state index contributed by atoms with van der Waals surface area (Å²) < 4.78 is 15.6. The lowest BCUT2D eigenvalue weighted by molar-refractivity contribution is 0.0689. The van der Waals surface area contributed by atoms with Crippen LogP contribution in [-0.4, -0.2) is 26.1 Å². The summed E-state index contributed by atoms with van der Waals surface area (Å²) in [5.41, 5.74) is 1.35. The van der Waals surface area contributed by atoms with Gasteiger partial charge in [-0.15, -0.1) is 5.10 Å². The Bertz CT molecular complexity index is 662. The third-order valence-electron chi connectivity index (χ3n) is 3.19. The second kappa shape index (κ2) is 4.97. The van der Waals surface area contributed by atoms with Crippen molar-refractivity contribution in [3.8, 4) is 0 Å². The average Bonchev–Trinajstić information content (AvgIpc) is 3.09. The van der Waals surface area contributed by atoms with Crippen molar-refractivity contribution < 1.29 is 14.3 Å². The van der Waals surface area contributed by atoms with Crippen molar-refractivity contribution in [2.24, 2.45) is 0 Å². The molecule has 1 aromatic heterocycles. The lowest BCUT2D eigenvalue weighted by Gasteiger charge is -2.07. The number of nitrogens with zero attached hydrogens (tertiary/aromatic N) is 3. The first-order valence-corrected chi connectivity index (χ1v) is 6.95. The van der Waals surface area contributed by atoms with Crippen LogP contribution in [0.4, 0.5) is 4.39 Å². The molecule has 1 aromatic carbocycles. The highest BCUT2D eigenvalue weighted by Gasteiger charge is 2.33. The van der Waals surface area contributed by atoms with Gasteiger partial charge in [-0.1, -0.05) is 21.1 Å². The second-order valence-corrected chi connectivity index (χ2v) is 5.75. The Balaban J connectivity index is 1.96. The van der Waals surface area contributed by atoms with Gasteiger partial charge in [-0.2, -0.15) is 0 Å². The number of benzene rings is 1. The molecule has 1 heterocycles. The summed E-state index contributed by atoms with van der Waals surface area (Å²) in [6.07, 6.45) is 1.89. The van der Waals surface area contributed by atoms with Crippen LogP contribution >= 0.6 is 15.9 Å². The third kappa shape index (κ3) is 2.58. The molecule has 7 heteroatoms. The molecule has 1 aliphatic rings. The Morgan fingerprint density at radius 1 is 1.45 bits per heavy atom. The normalized spacial score (nSPS) is 14.5. The van der Waals surface area contributed by atoms with E-state index in [-0.39, 0.29) is 17.4 Å². The molecule has 0 saturated heterocycles. The number of carboxylic acid groups (broad SMARTS) is 1. The van der Waals surface area contributed by atoms with Gasteiger partial charge in [0.25, 0.3) is 0 Å². The highest BCUT2D eigenvalue weighted by atomic mass is 79.9. The van der Waals surface area contributed by atoms with Crippen LogP contribution in [0.25, 0.3) is 0 Å². The van der Waals surface area contributed by atoms with Gasteiger partial charge in [0.15, 0.2) is 5.69 Å². The zero-order chi connectivity index (χ0) is 14.3. The van der Waals surface area contributed by atoms with E-state index in [0.29, 0.717) is 22.3 Å². The van der Waals surface area contributed by atoms with Crippen LogP contribution < -0.4 is 0 Å². The molecule has 0 spiro atoms. The minimum absolute atomic E-state index is 0.00275. The molecule has 1 aliphatic carbocycles. The van der Waals surface area contributed by atoms with Gasteiger partial charge in [0.2, 0.25) is 0 Å². The standard InChI is InChI=1S/C13H11BrFN3O2/c14-9-3-7(4-10(15)5-9)6-18-12(8-1-2-8)11(13(19)20)16-17-18/h3-5,8H,1-2,6H2,(H,19,20). The van der Waals surface area contributed by atoms with Gasteiger partial charge in [0.1, 0.15) is 5.82 Å². The van der Waals surface area contributed by atoms with E-state index < -0.39 is 5.97 Å². The van der Waals surface area contributed by atoms with Crippen LogP contribution in [0.2, 0.25) is 0 Å². The van der Waals surface area contributed by atoms with Crippen molar-refractivity contribution in [1.29, 1.82) is 0 Å². The monoisotopic (exact) mass is 339 g/mol. The molecule has 5 nitrogen and oxygen atoms in total. The van der Waals surface area contributed by atoms with Gasteiger partial charge in [0, 0.05) is 10.4 Å². The molecule has 1 N–H and O–H groups in total. The molecule has 0 unspecified atom stereocenters. The van der Waals surface area contributed by atoms with Crippen molar-refractivity contribution in [3.05, 3.63) is 45.4 Å². The molecular formula is C13H11BrFN3O2. The maximum atomic E-state index is 13.4. The Hall–Kier alpha value is -1.76. The number of aromatic carboxylic acids is 1. The highest BCUT2D eigenvalue weighted by Crippen LogP contribution is 2.41. The van der Waals surface area contributed by atoms with Crippen LogP contribution in [0.1, 0.15) is 40.5 Å². The number of hydrogen-bond acceptors (Lipinski definition) is 3. The number of carbonyl (C=O) groups is 1. The highest BCUT2D eigenvalue weighted by molar-refractivity contribution is 9.10. The van der Waals surface area contributed by atoms with E-state index in [1.807, 2.05) is 0 Å². The molecule has 0 atom stereocenters. The summed E-state index contributed by atoms with van der Waals surface area (Å²) in [6, 6.07) is 4.56. The van der Waals surface area contributed by atoms with Crippen LogP contribution in [0.15, 0.2) is 22.7 Å². The van der Waals surface area contributed by atoms with E-state index >= 15 is 0 Å². The van der Waals surface area contributed by atoms with Crippen molar-refractivity contribution in [3.63, 3.8) is 0 Å². The predicted octanol–water partition coefficient (Wildman–Crippen LogP) is 2.80. The summed E-state index contributed by atoms with van der Waals surface area (Å²) >= 11 is 3.24. The minimum atomic E-state index is -1.07. The zero-order valence-electron chi connectivity index (χ0n) is 10.4. The van der Waals surface area contributed by atoms with Crippen LogP contribution in [0, 0.1) is 5.82 Å². The fourth-order valence-corrected chi connectivity index (χ4v) is 2.74. The number of hydrogen-bond donors (Lipinski definition) is 1. The minimum Gasteiger partial charge on any atom is -0.476 e. The summed E-state index contributed by atoms with van der Waals surface area (Å²) in [4.78, 5) is 11.1.